The van der Waals surface area contributed by atoms with E-state index in [2.05, 4.69) is 15.8 Å². The zero-order valence-electron chi connectivity index (χ0n) is 12.4. The summed E-state index contributed by atoms with van der Waals surface area (Å²) in [5, 5.41) is 7.00. The first kappa shape index (κ1) is 15.0. The second-order valence-corrected chi connectivity index (χ2v) is 8.15. The number of nitrogens with one attached hydrogen (secondary N) is 2. The van der Waals surface area contributed by atoms with Gasteiger partial charge in [0.25, 0.3) is 0 Å². The molecular weight excluding hydrogens is 337 g/mol. The molecule has 2 saturated carbocycles. The van der Waals surface area contributed by atoms with Gasteiger partial charge in [-0.2, -0.15) is 5.10 Å². The standard InChI is InChI=1S/C16H15Cl2N3O2/c1-15(7-16(15,17)18)14(23)19-9-4-2-8(3-5-9)12-10-6-11(10)13(22)21-20-12/h2-5,10-11H,6-7H2,1H3,(H,19,23)(H,21,22). The highest BCUT2D eigenvalue weighted by Gasteiger charge is 2.67. The van der Waals surface area contributed by atoms with Crippen LogP contribution in [-0.2, 0) is 9.59 Å². The van der Waals surface area contributed by atoms with Gasteiger partial charge in [-0.1, -0.05) is 12.1 Å². The Morgan fingerprint density at radius 2 is 1.96 bits per heavy atom. The number of amides is 2. The van der Waals surface area contributed by atoms with Crippen LogP contribution < -0.4 is 10.7 Å². The molecule has 1 heterocycles. The normalized spacial score (nSPS) is 33.2. The summed E-state index contributed by atoms with van der Waals surface area (Å²) in [6.07, 6.45) is 1.31. The monoisotopic (exact) mass is 351 g/mol. The molecule has 2 aliphatic carbocycles. The van der Waals surface area contributed by atoms with Crippen molar-refractivity contribution >= 4 is 46.4 Å². The number of hydrogen-bond acceptors (Lipinski definition) is 3. The van der Waals surface area contributed by atoms with Gasteiger partial charge in [0.15, 0.2) is 0 Å². The van der Waals surface area contributed by atoms with Crippen molar-refractivity contribution in [1.29, 1.82) is 0 Å². The summed E-state index contributed by atoms with van der Waals surface area (Å²) >= 11 is 12.0. The Bertz CT molecular complexity index is 744. The Balaban J connectivity index is 1.47. The third-order valence-electron chi connectivity index (χ3n) is 4.96. The van der Waals surface area contributed by atoms with E-state index in [1.54, 1.807) is 6.92 Å². The summed E-state index contributed by atoms with van der Waals surface area (Å²) in [5.74, 6) is 0.116. The highest BCUT2D eigenvalue weighted by atomic mass is 35.5. The van der Waals surface area contributed by atoms with E-state index < -0.39 is 9.75 Å². The number of alkyl halides is 2. The SMILES string of the molecule is CC1(C(=O)Nc2ccc(C3=NNC(=O)C4CC34)cc2)CC1(Cl)Cl. The van der Waals surface area contributed by atoms with Gasteiger partial charge in [0.05, 0.1) is 11.1 Å². The Morgan fingerprint density at radius 1 is 1.30 bits per heavy atom. The van der Waals surface area contributed by atoms with Gasteiger partial charge in [0, 0.05) is 17.5 Å². The van der Waals surface area contributed by atoms with E-state index in [0.717, 1.165) is 17.7 Å². The lowest BCUT2D eigenvalue weighted by Gasteiger charge is -2.14. The number of carbonyl (C=O) groups excluding carboxylic acids is 2. The van der Waals surface area contributed by atoms with Crippen molar-refractivity contribution in [2.45, 2.75) is 24.1 Å². The van der Waals surface area contributed by atoms with Crippen molar-refractivity contribution in [2.24, 2.45) is 22.4 Å². The lowest BCUT2D eigenvalue weighted by atomic mass is 10.0. The summed E-state index contributed by atoms with van der Waals surface area (Å²) in [5.41, 5.74) is 4.36. The van der Waals surface area contributed by atoms with E-state index in [4.69, 9.17) is 23.2 Å². The Labute approximate surface area is 143 Å². The minimum absolute atomic E-state index is 0.00550. The zero-order chi connectivity index (χ0) is 16.4. The molecule has 2 fully saturated rings. The van der Waals surface area contributed by atoms with Gasteiger partial charge in [-0.25, -0.2) is 5.43 Å². The Kier molecular flexibility index (Phi) is 3.06. The van der Waals surface area contributed by atoms with Crippen LogP contribution in [0.3, 0.4) is 0 Å². The Morgan fingerprint density at radius 3 is 2.57 bits per heavy atom. The van der Waals surface area contributed by atoms with Crippen LogP contribution in [0.4, 0.5) is 5.69 Å². The number of halogens is 2. The van der Waals surface area contributed by atoms with E-state index in [1.165, 1.54) is 0 Å². The number of hydrogen-bond donors (Lipinski definition) is 2. The average molecular weight is 352 g/mol. The van der Waals surface area contributed by atoms with Crippen LogP contribution in [0.1, 0.15) is 25.3 Å². The van der Waals surface area contributed by atoms with E-state index in [0.29, 0.717) is 12.1 Å². The molecule has 0 spiro atoms. The van der Waals surface area contributed by atoms with Crippen LogP contribution in [-0.4, -0.2) is 21.9 Å². The van der Waals surface area contributed by atoms with Crippen molar-refractivity contribution in [3.8, 4) is 0 Å². The summed E-state index contributed by atoms with van der Waals surface area (Å²) < 4.78 is -0.979. The fourth-order valence-corrected chi connectivity index (χ4v) is 3.69. The van der Waals surface area contributed by atoms with Crippen LogP contribution in [0.5, 0.6) is 0 Å². The maximum Gasteiger partial charge on any atom is 0.243 e. The van der Waals surface area contributed by atoms with Crippen LogP contribution >= 0.6 is 23.2 Å². The summed E-state index contributed by atoms with van der Waals surface area (Å²) in [7, 11) is 0. The largest absolute Gasteiger partial charge is 0.326 e. The van der Waals surface area contributed by atoms with Crippen LogP contribution in [0.25, 0.3) is 0 Å². The first-order chi connectivity index (χ1) is 10.8. The highest BCUT2D eigenvalue weighted by Crippen LogP contribution is 2.64. The van der Waals surface area contributed by atoms with Crippen molar-refractivity contribution in [3.05, 3.63) is 29.8 Å². The third-order valence-corrected chi connectivity index (χ3v) is 6.06. The number of rotatable bonds is 3. The molecule has 4 rings (SSSR count). The first-order valence-corrected chi connectivity index (χ1v) is 8.25. The van der Waals surface area contributed by atoms with Crippen molar-refractivity contribution in [3.63, 3.8) is 0 Å². The minimum atomic E-state index is -0.979. The average Bonchev–Trinajstić information content (AvgIpc) is 3.38. The van der Waals surface area contributed by atoms with E-state index >= 15 is 0 Å². The van der Waals surface area contributed by atoms with E-state index in [1.807, 2.05) is 24.3 Å². The summed E-state index contributed by atoms with van der Waals surface area (Å²) in [6, 6.07) is 7.43. The number of fused-ring (bicyclic) bond motifs is 1. The highest BCUT2D eigenvalue weighted by molar-refractivity contribution is 6.53. The topological polar surface area (TPSA) is 70.6 Å². The molecule has 0 saturated heterocycles. The molecule has 120 valence electrons. The van der Waals surface area contributed by atoms with Gasteiger partial charge in [-0.15, -0.1) is 23.2 Å². The second-order valence-electron chi connectivity index (χ2n) is 6.67. The van der Waals surface area contributed by atoms with E-state index in [-0.39, 0.29) is 23.7 Å². The van der Waals surface area contributed by atoms with Crippen molar-refractivity contribution in [1.82, 2.24) is 5.43 Å². The molecule has 7 heteroatoms. The Hall–Kier alpha value is -1.59. The molecule has 0 bridgehead atoms. The summed E-state index contributed by atoms with van der Waals surface area (Å²) in [4.78, 5) is 23.7. The van der Waals surface area contributed by atoms with E-state index in [9.17, 15) is 9.59 Å². The van der Waals surface area contributed by atoms with Gasteiger partial charge in [-0.05, 0) is 37.5 Å². The smallest absolute Gasteiger partial charge is 0.243 e. The van der Waals surface area contributed by atoms with Gasteiger partial charge >= 0.3 is 0 Å². The molecule has 0 aromatic heterocycles. The molecule has 1 aromatic rings. The van der Waals surface area contributed by atoms with Crippen LogP contribution in [0.2, 0.25) is 0 Å². The molecular formula is C16H15Cl2N3O2. The maximum atomic E-state index is 12.2. The molecule has 3 aliphatic rings. The number of carbonyl (C=O) groups is 2. The van der Waals surface area contributed by atoms with Gasteiger partial charge in [-0.3, -0.25) is 9.59 Å². The molecule has 5 nitrogen and oxygen atoms in total. The number of benzene rings is 1. The fourth-order valence-electron chi connectivity index (χ4n) is 2.99. The summed E-state index contributed by atoms with van der Waals surface area (Å²) in [6.45, 7) is 1.75. The molecule has 23 heavy (non-hydrogen) atoms. The lowest BCUT2D eigenvalue weighted by Crippen LogP contribution is -2.28. The minimum Gasteiger partial charge on any atom is -0.326 e. The predicted octanol–water partition coefficient (Wildman–Crippen LogP) is 2.68. The molecule has 0 radical (unpaired) electrons. The molecule has 1 aliphatic heterocycles. The molecule has 2 N–H and O–H groups in total. The zero-order valence-corrected chi connectivity index (χ0v) is 13.9. The number of hydrazone groups is 1. The predicted molar refractivity (Wildman–Crippen MR) is 88.5 cm³/mol. The number of anilines is 1. The van der Waals surface area contributed by atoms with Gasteiger partial charge in [0.1, 0.15) is 4.33 Å². The third kappa shape index (κ3) is 2.34. The van der Waals surface area contributed by atoms with Gasteiger partial charge < -0.3 is 5.32 Å². The quantitative estimate of drug-likeness (QED) is 0.821. The van der Waals surface area contributed by atoms with Crippen LogP contribution in [0.15, 0.2) is 29.4 Å². The molecule has 3 unspecified atom stereocenters. The number of nitrogens with zero attached hydrogens (tertiary/aromatic N) is 1. The first-order valence-electron chi connectivity index (χ1n) is 7.49. The van der Waals surface area contributed by atoms with Crippen LogP contribution in [0, 0.1) is 17.3 Å². The van der Waals surface area contributed by atoms with Crippen molar-refractivity contribution < 1.29 is 9.59 Å². The molecule has 2 amide bonds. The maximum absolute atomic E-state index is 12.2. The molecule has 1 aromatic carbocycles. The second kappa shape index (κ2) is 4.71. The van der Waals surface area contributed by atoms with Gasteiger partial charge in [0.2, 0.25) is 11.8 Å². The lowest BCUT2D eigenvalue weighted by molar-refractivity contribution is -0.122. The fraction of sp³-hybridized carbons (Fsp3) is 0.438. The van der Waals surface area contributed by atoms with Crippen molar-refractivity contribution in [2.75, 3.05) is 5.32 Å². The molecule has 3 atom stereocenters.